The first-order chi connectivity index (χ1) is 10.2. The highest BCUT2D eigenvalue weighted by Crippen LogP contribution is 2.24. The lowest BCUT2D eigenvalue weighted by molar-refractivity contribution is 0.102. The first-order valence-corrected chi connectivity index (χ1v) is 7.64. The number of nitrogens with one attached hydrogen (secondary N) is 2. The van der Waals surface area contributed by atoms with Crippen molar-refractivity contribution in [3.8, 4) is 0 Å². The summed E-state index contributed by atoms with van der Waals surface area (Å²) >= 11 is 3.46. The Morgan fingerprint density at radius 2 is 2.10 bits per heavy atom. The molecule has 3 nitrogen and oxygen atoms in total. The maximum Gasteiger partial charge on any atom is 0.256 e. The number of aryl methyl sites for hydroxylation is 1. The summed E-state index contributed by atoms with van der Waals surface area (Å²) < 4.78 is 1.02. The zero-order valence-electron chi connectivity index (χ0n) is 11.6. The smallest absolute Gasteiger partial charge is 0.256 e. The van der Waals surface area contributed by atoms with Crippen molar-refractivity contribution < 1.29 is 4.79 Å². The summed E-state index contributed by atoms with van der Waals surface area (Å²) in [5.41, 5.74) is 3.62. The SMILES string of the molecule is CCc1cc(Br)ccc1NC(=O)c1cccc2[nH]ccc12. The molecule has 1 heterocycles. The number of halogens is 1. The van der Waals surface area contributed by atoms with Gasteiger partial charge in [-0.2, -0.15) is 0 Å². The monoisotopic (exact) mass is 342 g/mol. The molecule has 0 saturated carbocycles. The normalized spacial score (nSPS) is 10.8. The van der Waals surface area contributed by atoms with Crippen LogP contribution in [0.4, 0.5) is 5.69 Å². The topological polar surface area (TPSA) is 44.9 Å². The zero-order chi connectivity index (χ0) is 14.8. The van der Waals surface area contributed by atoms with Crippen LogP contribution in [0.15, 0.2) is 53.1 Å². The van der Waals surface area contributed by atoms with E-state index in [9.17, 15) is 4.79 Å². The maximum absolute atomic E-state index is 12.5. The molecule has 0 aliphatic heterocycles. The van der Waals surface area contributed by atoms with E-state index in [2.05, 4.69) is 33.2 Å². The Labute approximate surface area is 131 Å². The largest absolute Gasteiger partial charge is 0.361 e. The summed E-state index contributed by atoms with van der Waals surface area (Å²) in [4.78, 5) is 15.7. The summed E-state index contributed by atoms with van der Waals surface area (Å²) in [6, 6.07) is 13.5. The Morgan fingerprint density at radius 3 is 2.90 bits per heavy atom. The number of aromatic amines is 1. The fraction of sp³-hybridized carbons (Fsp3) is 0.118. The Bertz CT molecular complexity index is 807. The predicted octanol–water partition coefficient (Wildman–Crippen LogP) is 4.75. The Kier molecular flexibility index (Phi) is 3.80. The van der Waals surface area contributed by atoms with Crippen molar-refractivity contribution in [2.24, 2.45) is 0 Å². The molecular weight excluding hydrogens is 328 g/mol. The Morgan fingerprint density at radius 1 is 1.24 bits per heavy atom. The number of amides is 1. The van der Waals surface area contributed by atoms with E-state index in [4.69, 9.17) is 0 Å². The summed E-state index contributed by atoms with van der Waals surface area (Å²) in [6.45, 7) is 2.07. The number of anilines is 1. The summed E-state index contributed by atoms with van der Waals surface area (Å²) in [6.07, 6.45) is 2.71. The molecule has 21 heavy (non-hydrogen) atoms. The van der Waals surface area contributed by atoms with Gasteiger partial charge in [0.15, 0.2) is 0 Å². The van der Waals surface area contributed by atoms with Crippen molar-refractivity contribution in [1.29, 1.82) is 0 Å². The number of hydrogen-bond donors (Lipinski definition) is 2. The average Bonchev–Trinajstić information content (AvgIpc) is 2.97. The molecule has 3 aromatic rings. The lowest BCUT2D eigenvalue weighted by atomic mass is 10.1. The molecule has 2 aromatic carbocycles. The molecule has 0 atom stereocenters. The third kappa shape index (κ3) is 2.72. The van der Waals surface area contributed by atoms with Crippen molar-refractivity contribution in [1.82, 2.24) is 4.98 Å². The second kappa shape index (κ2) is 5.74. The van der Waals surface area contributed by atoms with Gasteiger partial charge in [0.2, 0.25) is 0 Å². The quantitative estimate of drug-likeness (QED) is 0.709. The number of fused-ring (bicyclic) bond motifs is 1. The molecule has 0 aliphatic carbocycles. The van der Waals surface area contributed by atoms with Gasteiger partial charge in [0.05, 0.1) is 0 Å². The second-order valence-electron chi connectivity index (χ2n) is 4.85. The number of aromatic nitrogens is 1. The van der Waals surface area contributed by atoms with Gasteiger partial charge in [-0.25, -0.2) is 0 Å². The molecule has 3 rings (SSSR count). The first-order valence-electron chi connectivity index (χ1n) is 6.85. The van der Waals surface area contributed by atoms with E-state index in [1.165, 1.54) is 0 Å². The zero-order valence-corrected chi connectivity index (χ0v) is 13.2. The molecular formula is C17H15BrN2O. The van der Waals surface area contributed by atoms with Crippen LogP contribution in [0.3, 0.4) is 0 Å². The lowest BCUT2D eigenvalue weighted by Gasteiger charge is -2.11. The van der Waals surface area contributed by atoms with Crippen LogP contribution in [-0.2, 0) is 6.42 Å². The van der Waals surface area contributed by atoms with Crippen LogP contribution >= 0.6 is 15.9 Å². The van der Waals surface area contributed by atoms with E-state index in [-0.39, 0.29) is 5.91 Å². The van der Waals surface area contributed by atoms with Crippen LogP contribution < -0.4 is 5.32 Å². The minimum absolute atomic E-state index is 0.0859. The summed E-state index contributed by atoms with van der Waals surface area (Å²) in [7, 11) is 0. The van der Waals surface area contributed by atoms with E-state index in [1.54, 1.807) is 0 Å². The van der Waals surface area contributed by atoms with Crippen molar-refractivity contribution in [3.63, 3.8) is 0 Å². The first kappa shape index (κ1) is 13.9. The van der Waals surface area contributed by atoms with E-state index < -0.39 is 0 Å². The number of hydrogen-bond acceptors (Lipinski definition) is 1. The van der Waals surface area contributed by atoms with E-state index in [0.717, 1.165) is 33.0 Å². The molecule has 0 saturated heterocycles. The van der Waals surface area contributed by atoms with Gasteiger partial charge in [-0.1, -0.05) is 28.9 Å². The molecule has 0 unspecified atom stereocenters. The third-order valence-corrected chi connectivity index (χ3v) is 4.03. The molecule has 4 heteroatoms. The minimum Gasteiger partial charge on any atom is -0.361 e. The second-order valence-corrected chi connectivity index (χ2v) is 5.77. The molecule has 2 N–H and O–H groups in total. The molecule has 106 valence electrons. The van der Waals surface area contributed by atoms with Crippen LogP contribution in [0.5, 0.6) is 0 Å². The number of rotatable bonds is 3. The van der Waals surface area contributed by atoms with Crippen LogP contribution in [0.1, 0.15) is 22.8 Å². The molecule has 0 aliphatic rings. The van der Waals surface area contributed by atoms with Gasteiger partial charge in [-0.05, 0) is 48.4 Å². The van der Waals surface area contributed by atoms with E-state index in [1.807, 2.05) is 48.7 Å². The van der Waals surface area contributed by atoms with E-state index >= 15 is 0 Å². The summed E-state index contributed by atoms with van der Waals surface area (Å²) in [5, 5.41) is 3.95. The number of carbonyl (C=O) groups is 1. The van der Waals surface area contributed by atoms with Gasteiger partial charge in [0.1, 0.15) is 0 Å². The minimum atomic E-state index is -0.0859. The van der Waals surface area contributed by atoms with Crippen LogP contribution in [0, 0.1) is 0 Å². The number of carbonyl (C=O) groups excluding carboxylic acids is 1. The molecule has 0 spiro atoms. The highest BCUT2D eigenvalue weighted by Gasteiger charge is 2.12. The highest BCUT2D eigenvalue weighted by atomic mass is 79.9. The Balaban J connectivity index is 1.95. The fourth-order valence-corrected chi connectivity index (χ4v) is 2.86. The van der Waals surface area contributed by atoms with Crippen molar-refractivity contribution in [3.05, 3.63) is 64.3 Å². The van der Waals surface area contributed by atoms with Crippen LogP contribution in [0.2, 0.25) is 0 Å². The van der Waals surface area contributed by atoms with Gasteiger partial charge in [-0.3, -0.25) is 4.79 Å². The van der Waals surface area contributed by atoms with Crippen LogP contribution in [-0.4, -0.2) is 10.9 Å². The lowest BCUT2D eigenvalue weighted by Crippen LogP contribution is -2.13. The predicted molar refractivity (Wildman–Crippen MR) is 89.8 cm³/mol. The fourth-order valence-electron chi connectivity index (χ4n) is 2.45. The van der Waals surface area contributed by atoms with Gasteiger partial charge < -0.3 is 10.3 Å². The number of benzene rings is 2. The molecule has 0 radical (unpaired) electrons. The van der Waals surface area contributed by atoms with Crippen molar-refractivity contribution in [2.75, 3.05) is 5.32 Å². The standard InChI is InChI=1S/C17H15BrN2O/c1-2-11-10-12(18)6-7-15(11)20-17(21)14-4-3-5-16-13(14)8-9-19-16/h3-10,19H,2H2,1H3,(H,20,21). The van der Waals surface area contributed by atoms with Crippen molar-refractivity contribution in [2.45, 2.75) is 13.3 Å². The van der Waals surface area contributed by atoms with Gasteiger partial charge in [0, 0.05) is 32.8 Å². The van der Waals surface area contributed by atoms with Gasteiger partial charge in [0.25, 0.3) is 5.91 Å². The molecule has 0 bridgehead atoms. The molecule has 1 amide bonds. The van der Waals surface area contributed by atoms with Gasteiger partial charge in [-0.15, -0.1) is 0 Å². The van der Waals surface area contributed by atoms with Crippen LogP contribution in [0.25, 0.3) is 10.9 Å². The molecule has 1 aromatic heterocycles. The highest BCUT2D eigenvalue weighted by molar-refractivity contribution is 9.10. The average molecular weight is 343 g/mol. The maximum atomic E-state index is 12.5. The third-order valence-electron chi connectivity index (χ3n) is 3.54. The van der Waals surface area contributed by atoms with E-state index in [0.29, 0.717) is 5.56 Å². The van der Waals surface area contributed by atoms with Gasteiger partial charge >= 0.3 is 0 Å². The molecule has 0 fully saturated rings. The summed E-state index contributed by atoms with van der Waals surface area (Å²) in [5.74, 6) is -0.0859. The Hall–Kier alpha value is -2.07. The van der Waals surface area contributed by atoms with Crippen molar-refractivity contribution >= 4 is 38.4 Å². The number of H-pyrrole nitrogens is 1.